The zero-order valence-electron chi connectivity index (χ0n) is 23.2. The zero-order valence-corrected chi connectivity index (χ0v) is 23.2. The van der Waals surface area contributed by atoms with Crippen molar-refractivity contribution >= 4 is 11.8 Å². The first-order valence-electron chi connectivity index (χ1n) is 14.1. The maximum atomic E-state index is 14.0. The Morgan fingerprint density at radius 3 is 2.25 bits per heavy atom. The highest BCUT2D eigenvalue weighted by molar-refractivity contribution is 5.96. The molecule has 0 bridgehead atoms. The molecule has 1 fully saturated rings. The number of amides is 2. The Labute approximate surface area is 234 Å². The van der Waals surface area contributed by atoms with E-state index in [1.807, 2.05) is 55.3 Å². The zero-order chi connectivity index (χ0) is 28.7. The predicted octanol–water partition coefficient (Wildman–Crippen LogP) is 7.16. The van der Waals surface area contributed by atoms with Crippen molar-refractivity contribution in [1.29, 1.82) is 0 Å². The molecule has 0 radical (unpaired) electrons. The van der Waals surface area contributed by atoms with Crippen LogP contribution >= 0.6 is 0 Å². The molecule has 2 aromatic carbocycles. The van der Waals surface area contributed by atoms with E-state index < -0.39 is 17.6 Å². The van der Waals surface area contributed by atoms with E-state index in [-0.39, 0.29) is 30.1 Å². The molecule has 5 nitrogen and oxygen atoms in total. The fourth-order valence-corrected chi connectivity index (χ4v) is 5.37. The number of hydrogen-bond acceptors (Lipinski definition) is 2. The molecule has 3 aromatic rings. The summed E-state index contributed by atoms with van der Waals surface area (Å²) in [4.78, 5) is 30.9. The average Bonchev–Trinajstić information content (AvgIpc) is 3.40. The molecule has 8 heteroatoms. The minimum absolute atomic E-state index is 0.0845. The molecular formula is C32H38F3N3O2. The number of benzene rings is 2. The van der Waals surface area contributed by atoms with Crippen LogP contribution < -0.4 is 0 Å². The normalized spacial score (nSPS) is 15.0. The molecule has 0 spiro atoms. The summed E-state index contributed by atoms with van der Waals surface area (Å²) in [6.45, 7) is 4.81. The molecule has 1 aliphatic rings. The van der Waals surface area contributed by atoms with Crippen molar-refractivity contribution in [3.05, 3.63) is 95.3 Å². The van der Waals surface area contributed by atoms with Crippen molar-refractivity contribution in [3.8, 4) is 0 Å². The largest absolute Gasteiger partial charge is 0.416 e. The highest BCUT2D eigenvalue weighted by Gasteiger charge is 2.32. The first-order chi connectivity index (χ1) is 19.2. The number of aromatic nitrogens is 1. The molecule has 1 heterocycles. The van der Waals surface area contributed by atoms with Crippen molar-refractivity contribution in [2.24, 2.45) is 0 Å². The Morgan fingerprint density at radius 1 is 0.950 bits per heavy atom. The van der Waals surface area contributed by atoms with Gasteiger partial charge >= 0.3 is 6.18 Å². The van der Waals surface area contributed by atoms with Gasteiger partial charge in [-0.15, -0.1) is 0 Å². The maximum absolute atomic E-state index is 14.0. The quantitative estimate of drug-likeness (QED) is 0.268. The third-order valence-electron chi connectivity index (χ3n) is 7.94. The standard InChI is InChI=1S/C32H38F3N3O2/c1-3-24(2)37(31(40)26-16-18-27(19-17-26)32(33,34)35)23-30(39)38(28-13-8-5-9-14-28)22-29-15-10-20-36(29)21-25-11-6-4-7-12-25/h4,6-7,10-12,15-20,24,28H,3,5,8-9,13-14,21-23H2,1-2H3. The summed E-state index contributed by atoms with van der Waals surface area (Å²) in [5.41, 5.74) is 1.52. The van der Waals surface area contributed by atoms with Gasteiger partial charge in [-0.3, -0.25) is 9.59 Å². The second-order valence-corrected chi connectivity index (χ2v) is 10.7. The van der Waals surface area contributed by atoms with Crippen LogP contribution in [0.4, 0.5) is 13.2 Å². The minimum atomic E-state index is -4.48. The van der Waals surface area contributed by atoms with Crippen LogP contribution in [-0.2, 0) is 24.1 Å². The van der Waals surface area contributed by atoms with Crippen LogP contribution in [0.2, 0.25) is 0 Å². The minimum Gasteiger partial charge on any atom is -0.345 e. The summed E-state index contributed by atoms with van der Waals surface area (Å²) in [6, 6.07) is 18.2. The third-order valence-corrected chi connectivity index (χ3v) is 7.94. The number of hydrogen-bond donors (Lipinski definition) is 0. The Balaban J connectivity index is 1.56. The molecule has 1 aliphatic carbocycles. The Bertz CT molecular complexity index is 1250. The molecule has 1 unspecified atom stereocenters. The van der Waals surface area contributed by atoms with Gasteiger partial charge in [0.15, 0.2) is 0 Å². The monoisotopic (exact) mass is 553 g/mol. The van der Waals surface area contributed by atoms with Crippen molar-refractivity contribution in [3.63, 3.8) is 0 Å². The molecule has 40 heavy (non-hydrogen) atoms. The lowest BCUT2D eigenvalue weighted by Crippen LogP contribution is -2.49. The second-order valence-electron chi connectivity index (χ2n) is 10.7. The molecule has 0 saturated heterocycles. The van der Waals surface area contributed by atoms with Gasteiger partial charge in [-0.2, -0.15) is 13.2 Å². The third kappa shape index (κ3) is 7.34. The summed E-state index contributed by atoms with van der Waals surface area (Å²) >= 11 is 0. The van der Waals surface area contributed by atoms with Gasteiger partial charge in [-0.05, 0) is 68.1 Å². The van der Waals surface area contributed by atoms with E-state index >= 15 is 0 Å². The summed E-state index contributed by atoms with van der Waals surface area (Å²) < 4.78 is 41.3. The van der Waals surface area contributed by atoms with Crippen LogP contribution in [-0.4, -0.2) is 44.8 Å². The first-order valence-corrected chi connectivity index (χ1v) is 14.1. The summed E-state index contributed by atoms with van der Waals surface area (Å²) in [6.07, 6.45) is 3.25. The van der Waals surface area contributed by atoms with Crippen molar-refractivity contribution in [2.45, 2.75) is 83.7 Å². The van der Waals surface area contributed by atoms with Crippen molar-refractivity contribution in [1.82, 2.24) is 14.4 Å². The lowest BCUT2D eigenvalue weighted by atomic mass is 9.94. The van der Waals surface area contributed by atoms with Crippen LogP contribution in [0, 0.1) is 0 Å². The first kappa shape index (κ1) is 29.4. The molecule has 4 rings (SSSR count). The van der Waals surface area contributed by atoms with Gasteiger partial charge in [0.05, 0.1) is 12.1 Å². The number of carbonyl (C=O) groups excluding carboxylic acids is 2. The van der Waals surface area contributed by atoms with Gasteiger partial charge in [0.2, 0.25) is 5.91 Å². The smallest absolute Gasteiger partial charge is 0.345 e. The van der Waals surface area contributed by atoms with E-state index in [1.54, 1.807) is 0 Å². The van der Waals surface area contributed by atoms with Crippen LogP contribution in [0.15, 0.2) is 72.9 Å². The van der Waals surface area contributed by atoms with E-state index in [2.05, 4.69) is 16.7 Å². The lowest BCUT2D eigenvalue weighted by Gasteiger charge is -2.37. The molecular weight excluding hydrogens is 515 g/mol. The van der Waals surface area contributed by atoms with Gasteiger partial charge in [0.25, 0.3) is 5.91 Å². The highest BCUT2D eigenvalue weighted by Crippen LogP contribution is 2.30. The predicted molar refractivity (Wildman–Crippen MR) is 150 cm³/mol. The lowest BCUT2D eigenvalue weighted by molar-refractivity contribution is -0.137. The van der Waals surface area contributed by atoms with Gasteiger partial charge < -0.3 is 14.4 Å². The maximum Gasteiger partial charge on any atom is 0.416 e. The Hall–Kier alpha value is -3.55. The summed E-state index contributed by atoms with van der Waals surface area (Å²) in [5, 5.41) is 0. The SMILES string of the molecule is CCC(C)N(CC(=O)N(Cc1cccn1Cc1ccccc1)C1CCCCC1)C(=O)c1ccc(C(F)(F)F)cc1. The topological polar surface area (TPSA) is 45.6 Å². The number of rotatable bonds is 10. The molecule has 214 valence electrons. The van der Waals surface area contributed by atoms with Crippen LogP contribution in [0.5, 0.6) is 0 Å². The second kappa shape index (κ2) is 13.2. The van der Waals surface area contributed by atoms with Crippen LogP contribution in [0.3, 0.4) is 0 Å². The van der Waals surface area contributed by atoms with Crippen LogP contribution in [0.25, 0.3) is 0 Å². The molecule has 2 amide bonds. The number of alkyl halides is 3. The van der Waals surface area contributed by atoms with E-state index in [0.717, 1.165) is 49.9 Å². The molecule has 1 aromatic heterocycles. The van der Waals surface area contributed by atoms with Gasteiger partial charge in [-0.25, -0.2) is 0 Å². The average molecular weight is 554 g/mol. The van der Waals surface area contributed by atoms with Crippen molar-refractivity contribution in [2.75, 3.05) is 6.54 Å². The summed E-state index contributed by atoms with van der Waals surface area (Å²) in [5.74, 6) is -0.576. The van der Waals surface area contributed by atoms with Crippen molar-refractivity contribution < 1.29 is 22.8 Å². The highest BCUT2D eigenvalue weighted by atomic mass is 19.4. The molecule has 1 atom stereocenters. The van der Waals surface area contributed by atoms with Gasteiger partial charge in [-0.1, -0.05) is 56.5 Å². The van der Waals surface area contributed by atoms with Crippen LogP contribution in [0.1, 0.15) is 79.6 Å². The Kier molecular flexibility index (Phi) is 9.71. The number of halogens is 3. The number of carbonyl (C=O) groups is 2. The van der Waals surface area contributed by atoms with E-state index in [1.165, 1.54) is 22.6 Å². The molecule has 0 aliphatic heterocycles. The van der Waals surface area contributed by atoms with E-state index in [0.29, 0.717) is 19.5 Å². The summed E-state index contributed by atoms with van der Waals surface area (Å²) in [7, 11) is 0. The fraction of sp³-hybridized carbons (Fsp3) is 0.438. The molecule has 0 N–H and O–H groups in total. The van der Waals surface area contributed by atoms with Gasteiger partial charge in [0, 0.05) is 36.1 Å². The molecule has 1 saturated carbocycles. The van der Waals surface area contributed by atoms with Gasteiger partial charge in [0.1, 0.15) is 6.54 Å². The van der Waals surface area contributed by atoms with E-state index in [4.69, 9.17) is 0 Å². The number of nitrogens with zero attached hydrogens (tertiary/aromatic N) is 3. The Morgan fingerprint density at radius 2 is 1.62 bits per heavy atom. The fourth-order valence-electron chi connectivity index (χ4n) is 5.37. The van der Waals surface area contributed by atoms with E-state index in [9.17, 15) is 22.8 Å².